The zero-order valence-corrected chi connectivity index (χ0v) is 23.8. The van der Waals surface area contributed by atoms with E-state index in [-0.39, 0.29) is 0 Å². The van der Waals surface area contributed by atoms with Gasteiger partial charge in [-0.1, -0.05) is 109 Å². The number of benzene rings is 1. The van der Waals surface area contributed by atoms with Gasteiger partial charge in [0.2, 0.25) is 0 Å². The molecule has 196 valence electrons. The molecule has 1 aliphatic heterocycles. The maximum absolute atomic E-state index is 5.72. The molecule has 0 aromatic heterocycles. The summed E-state index contributed by atoms with van der Waals surface area (Å²) in [5.41, 5.74) is 1.64. The predicted octanol–water partition coefficient (Wildman–Crippen LogP) is 10.1. The first-order valence-corrected chi connectivity index (χ1v) is 16.8. The van der Waals surface area contributed by atoms with Gasteiger partial charge in [0.1, 0.15) is 11.5 Å². The summed E-state index contributed by atoms with van der Waals surface area (Å²) >= 11 is 0. The summed E-state index contributed by atoms with van der Waals surface area (Å²) < 4.78 is 5.72. The van der Waals surface area contributed by atoms with Crippen LogP contribution in [0.25, 0.3) is 0 Å². The highest BCUT2D eigenvalue weighted by molar-refractivity contribution is 7.96. The van der Waals surface area contributed by atoms with Crippen molar-refractivity contribution in [1.82, 2.24) is 0 Å². The number of unbranched alkanes of at least 4 members (excludes halogenated alkanes) is 13. The molecule has 2 rings (SSSR count). The average Bonchev–Trinajstić information content (AvgIpc) is 3.38. The Morgan fingerprint density at radius 3 is 1.91 bits per heavy atom. The molecule has 0 saturated carbocycles. The van der Waals surface area contributed by atoms with E-state index in [0.717, 1.165) is 6.61 Å². The molecule has 1 aromatic rings. The molecule has 0 bridgehead atoms. The zero-order chi connectivity index (χ0) is 24.1. The van der Waals surface area contributed by atoms with Crippen molar-refractivity contribution in [2.45, 2.75) is 153 Å². The van der Waals surface area contributed by atoms with E-state index >= 15 is 0 Å². The number of hydrogen-bond acceptors (Lipinski definition) is 1. The molecule has 0 amide bonds. The Hall–Kier alpha value is -0.470. The fraction of sp³-hybridized carbons (Fsp3) is 0.812. The Morgan fingerprint density at radius 2 is 1.32 bits per heavy atom. The highest BCUT2D eigenvalue weighted by atomic mass is 32.2. The molecule has 0 radical (unpaired) electrons. The zero-order valence-electron chi connectivity index (χ0n) is 23.0. The fourth-order valence-electron chi connectivity index (χ4n) is 5.39. The quantitative estimate of drug-likeness (QED) is 0.116. The van der Waals surface area contributed by atoms with Crippen molar-refractivity contribution in [1.29, 1.82) is 0 Å². The van der Waals surface area contributed by atoms with Crippen LogP contribution in [0, 0.1) is 0 Å². The topological polar surface area (TPSA) is 9.23 Å². The van der Waals surface area contributed by atoms with Crippen molar-refractivity contribution in [3.05, 3.63) is 29.8 Å². The van der Waals surface area contributed by atoms with Crippen LogP contribution in [0.1, 0.15) is 141 Å². The second-order valence-corrected chi connectivity index (χ2v) is 12.9. The Kier molecular flexibility index (Phi) is 18.1. The van der Waals surface area contributed by atoms with Gasteiger partial charge in [-0.25, -0.2) is 0 Å². The molecule has 1 heterocycles. The third-order valence-corrected chi connectivity index (χ3v) is 10.2. The van der Waals surface area contributed by atoms with Crippen molar-refractivity contribution < 1.29 is 4.74 Å². The second-order valence-electron chi connectivity index (χ2n) is 10.6. The van der Waals surface area contributed by atoms with Crippen LogP contribution < -0.4 is 0 Å². The van der Waals surface area contributed by atoms with E-state index in [2.05, 4.69) is 38.1 Å². The van der Waals surface area contributed by atoms with Gasteiger partial charge < -0.3 is 4.74 Å². The standard InChI is InChI=1S/C32H57OS/c1-3-5-22-30-23-18-19-26-32(30)34(28-4-2)29-20-16-14-12-10-8-6-7-9-11-13-15-17-24-31-25-21-27-33-31/h18-19,23,26,31H,3-17,20-22,24-25,27-29H2,1-2H3/q+1. The molecule has 1 saturated heterocycles. The molecule has 0 spiro atoms. The van der Waals surface area contributed by atoms with Crippen molar-refractivity contribution in [3.63, 3.8) is 0 Å². The normalized spacial score (nSPS) is 16.8. The molecular weight excluding hydrogens is 432 g/mol. The van der Waals surface area contributed by atoms with Crippen LogP contribution in [0.5, 0.6) is 0 Å². The highest BCUT2D eigenvalue weighted by Crippen LogP contribution is 2.24. The summed E-state index contributed by atoms with van der Waals surface area (Å²) in [4.78, 5) is 1.70. The summed E-state index contributed by atoms with van der Waals surface area (Å²) in [7, 11) is 0.474. The molecule has 0 N–H and O–H groups in total. The predicted molar refractivity (Wildman–Crippen MR) is 154 cm³/mol. The van der Waals surface area contributed by atoms with E-state index < -0.39 is 0 Å². The van der Waals surface area contributed by atoms with Crippen molar-refractivity contribution in [2.24, 2.45) is 0 Å². The van der Waals surface area contributed by atoms with Crippen LogP contribution in [-0.4, -0.2) is 24.2 Å². The molecule has 1 aromatic carbocycles. The van der Waals surface area contributed by atoms with Crippen LogP contribution in [0.4, 0.5) is 0 Å². The molecular formula is C32H57OS+. The van der Waals surface area contributed by atoms with Gasteiger partial charge in [0.25, 0.3) is 0 Å². The second kappa shape index (κ2) is 20.7. The minimum atomic E-state index is 0.474. The minimum absolute atomic E-state index is 0.474. The third-order valence-electron chi connectivity index (χ3n) is 7.47. The Morgan fingerprint density at radius 1 is 0.706 bits per heavy atom. The maximum Gasteiger partial charge on any atom is 0.158 e. The lowest BCUT2D eigenvalue weighted by Gasteiger charge is -2.12. The fourth-order valence-corrected chi connectivity index (χ4v) is 7.89. The van der Waals surface area contributed by atoms with Crippen molar-refractivity contribution in [2.75, 3.05) is 18.1 Å². The first-order valence-electron chi connectivity index (χ1n) is 15.2. The van der Waals surface area contributed by atoms with E-state index in [9.17, 15) is 0 Å². The summed E-state index contributed by atoms with van der Waals surface area (Å²) in [6.07, 6.45) is 28.5. The number of ether oxygens (including phenoxy) is 1. The maximum atomic E-state index is 5.72. The number of rotatable bonds is 22. The van der Waals surface area contributed by atoms with Crippen LogP contribution >= 0.6 is 0 Å². The summed E-state index contributed by atoms with van der Waals surface area (Å²) in [6, 6.07) is 9.35. The van der Waals surface area contributed by atoms with E-state index in [0.29, 0.717) is 17.0 Å². The largest absolute Gasteiger partial charge is 0.378 e. The Balaban J connectivity index is 1.42. The SMILES string of the molecule is CCCCc1ccccc1[S+](CCC)CCCCCCCCCCCCCCCC1CCCO1. The van der Waals surface area contributed by atoms with Crippen LogP contribution in [0.3, 0.4) is 0 Å². The third kappa shape index (κ3) is 13.6. The monoisotopic (exact) mass is 489 g/mol. The lowest BCUT2D eigenvalue weighted by atomic mass is 10.0. The molecule has 1 aliphatic rings. The lowest BCUT2D eigenvalue weighted by molar-refractivity contribution is 0.102. The first-order chi connectivity index (χ1) is 16.8. The smallest absolute Gasteiger partial charge is 0.158 e. The molecule has 2 heteroatoms. The molecule has 1 nitrogen and oxygen atoms in total. The molecule has 2 atom stereocenters. The summed E-state index contributed by atoms with van der Waals surface area (Å²) in [6.45, 7) is 5.68. The van der Waals surface area contributed by atoms with Gasteiger partial charge in [0.05, 0.1) is 6.10 Å². The van der Waals surface area contributed by atoms with Gasteiger partial charge >= 0.3 is 0 Å². The van der Waals surface area contributed by atoms with E-state index in [1.807, 2.05) is 0 Å². The Labute approximate surface area is 216 Å². The summed E-state index contributed by atoms with van der Waals surface area (Å²) in [5, 5.41) is 0. The van der Waals surface area contributed by atoms with Crippen LogP contribution in [0.15, 0.2) is 29.2 Å². The first kappa shape index (κ1) is 29.8. The van der Waals surface area contributed by atoms with Gasteiger partial charge in [-0.15, -0.1) is 0 Å². The van der Waals surface area contributed by atoms with Crippen LogP contribution in [-0.2, 0) is 22.1 Å². The van der Waals surface area contributed by atoms with Crippen molar-refractivity contribution >= 4 is 10.9 Å². The molecule has 1 fully saturated rings. The highest BCUT2D eigenvalue weighted by Gasteiger charge is 2.23. The minimum Gasteiger partial charge on any atom is -0.378 e. The lowest BCUT2D eigenvalue weighted by Crippen LogP contribution is -2.14. The van der Waals surface area contributed by atoms with E-state index in [1.165, 1.54) is 140 Å². The van der Waals surface area contributed by atoms with Gasteiger partial charge in [0.15, 0.2) is 4.90 Å². The molecule has 2 unspecified atom stereocenters. The van der Waals surface area contributed by atoms with Gasteiger partial charge in [-0.2, -0.15) is 0 Å². The van der Waals surface area contributed by atoms with Crippen LogP contribution in [0.2, 0.25) is 0 Å². The summed E-state index contributed by atoms with van der Waals surface area (Å²) in [5.74, 6) is 2.81. The van der Waals surface area contributed by atoms with Crippen molar-refractivity contribution in [3.8, 4) is 0 Å². The van der Waals surface area contributed by atoms with Gasteiger partial charge in [-0.3, -0.25) is 0 Å². The van der Waals surface area contributed by atoms with E-state index in [1.54, 1.807) is 10.5 Å². The molecule has 0 aliphatic carbocycles. The van der Waals surface area contributed by atoms with Gasteiger partial charge in [-0.05, 0) is 57.4 Å². The number of aryl methyl sites for hydroxylation is 1. The Bertz CT molecular complexity index is 580. The average molecular weight is 490 g/mol. The molecule has 34 heavy (non-hydrogen) atoms. The van der Waals surface area contributed by atoms with E-state index in [4.69, 9.17) is 4.74 Å². The number of hydrogen-bond donors (Lipinski definition) is 0. The van der Waals surface area contributed by atoms with Gasteiger partial charge in [0, 0.05) is 23.1 Å².